The number of hydrogen-bond donors (Lipinski definition) is 1. The highest BCUT2D eigenvalue weighted by molar-refractivity contribution is 6.74. The number of hydrogen-bond acceptors (Lipinski definition) is 3. The summed E-state index contributed by atoms with van der Waals surface area (Å²) in [7, 11) is -1.81. The Morgan fingerprint density at radius 3 is 2.50 bits per heavy atom. The van der Waals surface area contributed by atoms with Crippen LogP contribution in [0.25, 0.3) is 0 Å². The summed E-state index contributed by atoms with van der Waals surface area (Å²) >= 11 is 0. The van der Waals surface area contributed by atoms with Crippen molar-refractivity contribution in [2.24, 2.45) is 35.0 Å². The molecule has 0 aliphatic heterocycles. The van der Waals surface area contributed by atoms with Crippen molar-refractivity contribution < 1.29 is 14.3 Å². The number of rotatable bonds is 3. The number of carbonyl (C=O) groups is 1. The first-order valence-electron chi connectivity index (χ1n) is 11.9. The van der Waals surface area contributed by atoms with E-state index in [0.717, 1.165) is 56.5 Å². The molecule has 4 unspecified atom stereocenters. The monoisotopic (exact) mass is 406 g/mol. The van der Waals surface area contributed by atoms with Gasteiger partial charge in [0.1, 0.15) is 5.78 Å². The van der Waals surface area contributed by atoms with Gasteiger partial charge in [-0.05, 0) is 92.7 Å². The van der Waals surface area contributed by atoms with Gasteiger partial charge >= 0.3 is 0 Å². The lowest BCUT2D eigenvalue weighted by Crippen LogP contribution is -2.54. The minimum Gasteiger partial charge on any atom is -0.416 e. The van der Waals surface area contributed by atoms with Crippen LogP contribution in [0.3, 0.4) is 0 Å². The Hall–Kier alpha value is -0.193. The fourth-order valence-corrected chi connectivity index (χ4v) is 8.31. The van der Waals surface area contributed by atoms with Gasteiger partial charge in [0.2, 0.25) is 0 Å². The number of fused-ring (bicyclic) bond motifs is 5. The molecular weight excluding hydrogens is 364 g/mol. The zero-order valence-electron chi connectivity index (χ0n) is 18.8. The molecule has 0 radical (unpaired) electrons. The molecule has 0 saturated heterocycles. The molecule has 0 aromatic heterocycles. The Morgan fingerprint density at radius 1 is 1.04 bits per heavy atom. The minimum atomic E-state index is -1.81. The van der Waals surface area contributed by atoms with Gasteiger partial charge in [-0.25, -0.2) is 0 Å². The lowest BCUT2D eigenvalue weighted by atomic mass is 9.50. The Morgan fingerprint density at radius 2 is 1.79 bits per heavy atom. The fourth-order valence-electron chi connectivity index (χ4n) is 7.25. The summed E-state index contributed by atoms with van der Waals surface area (Å²) in [5, 5.41) is 11.3. The Labute approximate surface area is 173 Å². The van der Waals surface area contributed by atoms with Crippen molar-refractivity contribution in [3.05, 3.63) is 0 Å². The van der Waals surface area contributed by atoms with Gasteiger partial charge in [-0.1, -0.05) is 20.8 Å². The molecule has 4 aliphatic rings. The predicted octanol–water partition coefficient (Wildman–Crippen LogP) is 5.57. The van der Waals surface area contributed by atoms with E-state index in [1.807, 2.05) is 0 Å². The molecule has 28 heavy (non-hydrogen) atoms. The van der Waals surface area contributed by atoms with Crippen LogP contribution in [0.2, 0.25) is 18.1 Å². The van der Waals surface area contributed by atoms with Gasteiger partial charge < -0.3 is 9.53 Å². The molecule has 0 amide bonds. The second-order valence-corrected chi connectivity index (χ2v) is 16.9. The number of ketones is 1. The topological polar surface area (TPSA) is 46.5 Å². The van der Waals surface area contributed by atoms with Crippen LogP contribution >= 0.6 is 0 Å². The van der Waals surface area contributed by atoms with Crippen LogP contribution in [0.1, 0.15) is 78.6 Å². The second kappa shape index (κ2) is 7.20. The molecule has 4 heteroatoms. The molecule has 4 saturated carbocycles. The molecule has 4 rings (SSSR count). The largest absolute Gasteiger partial charge is 0.416 e. The van der Waals surface area contributed by atoms with Gasteiger partial charge in [0.15, 0.2) is 8.32 Å². The number of Topliss-reactive ketones (excluding diaryl/α,β-unsaturated/α-hetero) is 1. The lowest BCUT2D eigenvalue weighted by Gasteiger charge is -2.56. The summed E-state index contributed by atoms with van der Waals surface area (Å²) in [4.78, 5) is 12.0. The van der Waals surface area contributed by atoms with Crippen LogP contribution in [0.4, 0.5) is 0 Å². The molecule has 3 nitrogen and oxygen atoms in total. The van der Waals surface area contributed by atoms with Gasteiger partial charge in [-0.3, -0.25) is 4.79 Å². The third-order valence-corrected chi connectivity index (χ3v) is 14.4. The maximum Gasteiger partial charge on any atom is 0.192 e. The van der Waals surface area contributed by atoms with Crippen molar-refractivity contribution in [3.8, 4) is 0 Å². The van der Waals surface area contributed by atoms with Gasteiger partial charge in [0.05, 0.1) is 6.10 Å². The van der Waals surface area contributed by atoms with Gasteiger partial charge in [-0.15, -0.1) is 0 Å². The molecule has 0 aromatic rings. The van der Waals surface area contributed by atoms with Crippen LogP contribution in [0, 0.1) is 35.0 Å². The summed E-state index contributed by atoms with van der Waals surface area (Å²) in [6, 6.07) is 0. The van der Waals surface area contributed by atoms with E-state index in [0.29, 0.717) is 17.6 Å². The van der Waals surface area contributed by atoms with Crippen LogP contribution in [-0.2, 0) is 9.22 Å². The Bertz CT molecular complexity index is 609. The third kappa shape index (κ3) is 3.35. The number of aliphatic hydroxyl groups is 1. The van der Waals surface area contributed by atoms with Gasteiger partial charge in [0, 0.05) is 24.9 Å². The summed E-state index contributed by atoms with van der Waals surface area (Å²) in [6.07, 6.45) is 9.64. The highest BCUT2D eigenvalue weighted by atomic mass is 28.4. The SMILES string of the molecule is CC(C)(C)[Si](C)(C)OC[C@]12CCC3C(CC[C@H]4CC(=O)CCC34)C1CC[C@@H]2O. The smallest absolute Gasteiger partial charge is 0.192 e. The van der Waals surface area contributed by atoms with E-state index in [4.69, 9.17) is 4.43 Å². The Kier molecular flexibility index (Phi) is 5.41. The normalized spacial score (nSPS) is 44.0. The summed E-state index contributed by atoms with van der Waals surface area (Å²) in [5.41, 5.74) is -0.00594. The molecule has 4 aliphatic carbocycles. The Balaban J connectivity index is 1.53. The van der Waals surface area contributed by atoms with Crippen molar-refractivity contribution in [1.29, 1.82) is 0 Å². The minimum absolute atomic E-state index is 0.00594. The van der Waals surface area contributed by atoms with Crippen molar-refractivity contribution >= 4 is 14.1 Å². The van der Waals surface area contributed by atoms with Crippen molar-refractivity contribution in [2.45, 2.75) is 103 Å². The first kappa shape index (κ1) is 21.1. The van der Waals surface area contributed by atoms with Gasteiger partial charge in [-0.2, -0.15) is 0 Å². The third-order valence-electron chi connectivity index (χ3n) is 9.94. The molecule has 4 fully saturated rings. The molecule has 0 aromatic carbocycles. The second-order valence-electron chi connectivity index (χ2n) is 12.1. The van der Waals surface area contributed by atoms with Gasteiger partial charge in [0.25, 0.3) is 0 Å². The van der Waals surface area contributed by atoms with Crippen molar-refractivity contribution in [2.75, 3.05) is 6.61 Å². The molecular formula is C24H42O3Si. The standard InChI is InChI=1S/C24H42O3Si/c1-23(2,3)28(4,5)27-15-24-13-12-19-18-9-7-17(25)14-16(18)6-8-20(19)21(24)10-11-22(24)26/h16,18-22,26H,6-15H2,1-5H3/t16-,18?,19?,20?,21?,22-,24+/m0/s1. The van der Waals surface area contributed by atoms with Crippen molar-refractivity contribution in [1.82, 2.24) is 0 Å². The van der Waals surface area contributed by atoms with Crippen molar-refractivity contribution in [3.63, 3.8) is 0 Å². The summed E-state index contributed by atoms with van der Waals surface area (Å²) in [5.74, 6) is 4.11. The quantitative estimate of drug-likeness (QED) is 0.623. The van der Waals surface area contributed by atoms with Crippen LogP contribution < -0.4 is 0 Å². The fraction of sp³-hybridized carbons (Fsp3) is 0.958. The average molecular weight is 407 g/mol. The first-order chi connectivity index (χ1) is 13.1. The predicted molar refractivity (Wildman–Crippen MR) is 116 cm³/mol. The van der Waals surface area contributed by atoms with E-state index in [2.05, 4.69) is 33.9 Å². The number of carbonyl (C=O) groups excluding carboxylic acids is 1. The summed E-state index contributed by atoms with van der Waals surface area (Å²) < 4.78 is 6.74. The number of aliphatic hydroxyl groups excluding tert-OH is 1. The molecule has 0 spiro atoms. The lowest BCUT2D eigenvalue weighted by molar-refractivity contribution is -0.131. The molecule has 0 bridgehead atoms. The zero-order chi connectivity index (χ0) is 20.3. The maximum atomic E-state index is 12.0. The van der Waals surface area contributed by atoms with Crippen LogP contribution in [0.5, 0.6) is 0 Å². The molecule has 7 atom stereocenters. The van der Waals surface area contributed by atoms with E-state index in [9.17, 15) is 9.90 Å². The highest BCUT2D eigenvalue weighted by Gasteiger charge is 2.59. The summed E-state index contributed by atoms with van der Waals surface area (Å²) in [6.45, 7) is 12.4. The molecule has 0 heterocycles. The van der Waals surface area contributed by atoms with E-state index >= 15 is 0 Å². The molecule has 1 N–H and O–H groups in total. The maximum absolute atomic E-state index is 12.0. The highest BCUT2D eigenvalue weighted by Crippen LogP contribution is 2.62. The molecule has 160 valence electrons. The first-order valence-corrected chi connectivity index (χ1v) is 14.8. The van der Waals surface area contributed by atoms with Crippen LogP contribution in [0.15, 0.2) is 0 Å². The van der Waals surface area contributed by atoms with E-state index in [-0.39, 0.29) is 16.6 Å². The van der Waals surface area contributed by atoms with Crippen LogP contribution in [-0.4, -0.2) is 31.9 Å². The van der Waals surface area contributed by atoms with E-state index in [1.165, 1.54) is 25.7 Å². The average Bonchev–Trinajstić information content (AvgIpc) is 2.96. The van der Waals surface area contributed by atoms with E-state index < -0.39 is 8.32 Å². The zero-order valence-corrected chi connectivity index (χ0v) is 19.8. The van der Waals surface area contributed by atoms with E-state index in [1.54, 1.807) is 0 Å².